The number of hydrogen-bond acceptors (Lipinski definition) is 5. The van der Waals surface area contributed by atoms with Crippen LogP contribution in [0, 0.1) is 0 Å². The number of aliphatic hydroxyl groups excluding tert-OH is 1. The van der Waals surface area contributed by atoms with Crippen LogP contribution in [-0.2, 0) is 10.3 Å². The van der Waals surface area contributed by atoms with Gasteiger partial charge in [0.1, 0.15) is 11.6 Å². The first-order chi connectivity index (χ1) is 7.06. The predicted octanol–water partition coefficient (Wildman–Crippen LogP) is 1.10. The lowest BCUT2D eigenvalue weighted by molar-refractivity contribution is 0.111. The van der Waals surface area contributed by atoms with Gasteiger partial charge in [-0.3, -0.25) is 0 Å². The van der Waals surface area contributed by atoms with E-state index in [-0.39, 0.29) is 13.2 Å². The van der Waals surface area contributed by atoms with Crippen molar-refractivity contribution in [2.45, 2.75) is 19.4 Å². The zero-order valence-corrected chi connectivity index (χ0v) is 9.50. The van der Waals surface area contributed by atoms with E-state index in [1.807, 2.05) is 19.2 Å². The quantitative estimate of drug-likeness (QED) is 0.812. The molecule has 0 unspecified atom stereocenters. The second-order valence-corrected chi connectivity index (χ2v) is 4.34. The van der Waals surface area contributed by atoms with E-state index in [2.05, 4.69) is 10.3 Å². The molecule has 1 amide bonds. The maximum Gasteiger partial charge on any atom is 0.407 e. The van der Waals surface area contributed by atoms with Gasteiger partial charge in [-0.1, -0.05) is 0 Å². The van der Waals surface area contributed by atoms with Crippen molar-refractivity contribution in [3.63, 3.8) is 0 Å². The van der Waals surface area contributed by atoms with E-state index in [9.17, 15) is 4.79 Å². The van der Waals surface area contributed by atoms with Gasteiger partial charge < -0.3 is 15.2 Å². The van der Waals surface area contributed by atoms with Crippen LogP contribution < -0.4 is 5.32 Å². The van der Waals surface area contributed by atoms with Gasteiger partial charge in [0, 0.05) is 11.6 Å². The summed E-state index contributed by atoms with van der Waals surface area (Å²) in [5, 5.41) is 13.8. The fourth-order valence-corrected chi connectivity index (χ4v) is 1.73. The summed E-state index contributed by atoms with van der Waals surface area (Å²) in [5.74, 6) is 0. The first-order valence-corrected chi connectivity index (χ1v) is 5.40. The number of aromatic nitrogens is 1. The third-order valence-corrected chi connectivity index (χ3v) is 2.80. The van der Waals surface area contributed by atoms with E-state index >= 15 is 0 Å². The largest absolute Gasteiger partial charge is 0.447 e. The minimum Gasteiger partial charge on any atom is -0.447 e. The SMILES string of the molecule is CC(C)(NC(=O)OCCO)c1nccs1. The number of aliphatic hydroxyl groups is 1. The molecule has 0 aliphatic rings. The summed E-state index contributed by atoms with van der Waals surface area (Å²) in [4.78, 5) is 15.4. The minimum atomic E-state index is -0.555. The summed E-state index contributed by atoms with van der Waals surface area (Å²) in [6.45, 7) is 3.50. The lowest BCUT2D eigenvalue weighted by atomic mass is 10.1. The number of hydrogen-bond donors (Lipinski definition) is 2. The van der Waals surface area contributed by atoms with E-state index in [0.717, 1.165) is 5.01 Å². The van der Waals surface area contributed by atoms with Crippen molar-refractivity contribution in [2.24, 2.45) is 0 Å². The van der Waals surface area contributed by atoms with Crippen LogP contribution in [0.3, 0.4) is 0 Å². The number of thiazole rings is 1. The number of alkyl carbamates (subject to hydrolysis) is 1. The molecule has 1 heterocycles. The summed E-state index contributed by atoms with van der Waals surface area (Å²) in [6, 6.07) is 0. The van der Waals surface area contributed by atoms with Crippen LogP contribution in [-0.4, -0.2) is 29.4 Å². The highest BCUT2D eigenvalue weighted by Crippen LogP contribution is 2.21. The van der Waals surface area contributed by atoms with Crippen LogP contribution in [0.25, 0.3) is 0 Å². The van der Waals surface area contributed by atoms with Gasteiger partial charge in [-0.2, -0.15) is 0 Å². The summed E-state index contributed by atoms with van der Waals surface area (Å²) < 4.78 is 4.70. The Morgan fingerprint density at radius 2 is 2.47 bits per heavy atom. The highest BCUT2D eigenvalue weighted by molar-refractivity contribution is 7.09. The van der Waals surface area contributed by atoms with Gasteiger partial charge in [0.05, 0.1) is 12.1 Å². The van der Waals surface area contributed by atoms with Crippen molar-refractivity contribution < 1.29 is 14.6 Å². The van der Waals surface area contributed by atoms with Gasteiger partial charge >= 0.3 is 6.09 Å². The molecule has 0 saturated heterocycles. The molecule has 0 aromatic carbocycles. The first kappa shape index (κ1) is 11.9. The van der Waals surface area contributed by atoms with Crippen molar-refractivity contribution in [2.75, 3.05) is 13.2 Å². The number of amides is 1. The fraction of sp³-hybridized carbons (Fsp3) is 0.556. The van der Waals surface area contributed by atoms with Crippen molar-refractivity contribution in [3.05, 3.63) is 16.6 Å². The molecule has 0 spiro atoms. The molecule has 0 radical (unpaired) electrons. The Balaban J connectivity index is 2.53. The molecule has 1 aromatic rings. The van der Waals surface area contributed by atoms with Crippen molar-refractivity contribution in [1.29, 1.82) is 0 Å². The van der Waals surface area contributed by atoms with E-state index in [1.165, 1.54) is 11.3 Å². The molecule has 0 atom stereocenters. The second kappa shape index (κ2) is 5.09. The Kier molecular flexibility index (Phi) is 4.05. The van der Waals surface area contributed by atoms with E-state index in [1.54, 1.807) is 6.20 Å². The first-order valence-electron chi connectivity index (χ1n) is 4.52. The standard InChI is InChI=1S/C9H14N2O3S/c1-9(2,7-10-3-6-15-7)11-8(13)14-5-4-12/h3,6,12H,4-5H2,1-2H3,(H,11,13). The molecular weight excluding hydrogens is 216 g/mol. The van der Waals surface area contributed by atoms with Gasteiger partial charge in [-0.15, -0.1) is 11.3 Å². The molecule has 0 aliphatic heterocycles. The van der Waals surface area contributed by atoms with Gasteiger partial charge in [-0.05, 0) is 13.8 Å². The lowest BCUT2D eigenvalue weighted by Gasteiger charge is -2.23. The number of ether oxygens (including phenoxy) is 1. The Morgan fingerprint density at radius 1 is 1.73 bits per heavy atom. The summed E-state index contributed by atoms with van der Waals surface area (Å²) in [7, 11) is 0. The minimum absolute atomic E-state index is 0.000216. The van der Waals surface area contributed by atoms with Crippen LogP contribution in [0.4, 0.5) is 4.79 Å². The zero-order valence-electron chi connectivity index (χ0n) is 8.69. The zero-order chi connectivity index (χ0) is 11.3. The third-order valence-electron chi connectivity index (χ3n) is 1.71. The molecule has 15 heavy (non-hydrogen) atoms. The molecule has 1 aromatic heterocycles. The van der Waals surface area contributed by atoms with Crippen LogP contribution in [0.2, 0.25) is 0 Å². The van der Waals surface area contributed by atoms with Gasteiger partial charge in [0.15, 0.2) is 0 Å². The molecule has 5 nitrogen and oxygen atoms in total. The Labute approximate surface area is 92.1 Å². The lowest BCUT2D eigenvalue weighted by Crippen LogP contribution is -2.41. The molecule has 0 bridgehead atoms. The third kappa shape index (κ3) is 3.49. The molecule has 84 valence electrons. The number of nitrogens with one attached hydrogen (secondary N) is 1. The number of nitrogens with zero attached hydrogens (tertiary/aromatic N) is 1. The second-order valence-electron chi connectivity index (χ2n) is 3.45. The monoisotopic (exact) mass is 230 g/mol. The van der Waals surface area contributed by atoms with E-state index in [0.29, 0.717) is 0 Å². The van der Waals surface area contributed by atoms with E-state index < -0.39 is 11.6 Å². The van der Waals surface area contributed by atoms with Crippen LogP contribution in [0.15, 0.2) is 11.6 Å². The van der Waals surface area contributed by atoms with Crippen molar-refractivity contribution in [1.82, 2.24) is 10.3 Å². The Bertz CT molecular complexity index is 311. The number of carbonyl (C=O) groups excluding carboxylic acids is 1. The average Bonchev–Trinajstić information content (AvgIpc) is 2.67. The molecule has 0 saturated carbocycles. The topological polar surface area (TPSA) is 71.5 Å². The summed E-state index contributed by atoms with van der Waals surface area (Å²) in [5.41, 5.74) is -0.555. The van der Waals surface area contributed by atoms with Crippen molar-refractivity contribution in [3.8, 4) is 0 Å². The van der Waals surface area contributed by atoms with Crippen LogP contribution in [0.5, 0.6) is 0 Å². The maximum absolute atomic E-state index is 11.2. The smallest absolute Gasteiger partial charge is 0.407 e. The summed E-state index contributed by atoms with van der Waals surface area (Å²) >= 11 is 1.46. The highest BCUT2D eigenvalue weighted by Gasteiger charge is 2.25. The molecule has 0 aliphatic carbocycles. The van der Waals surface area contributed by atoms with E-state index in [4.69, 9.17) is 9.84 Å². The summed E-state index contributed by atoms with van der Waals surface area (Å²) in [6.07, 6.45) is 1.13. The van der Waals surface area contributed by atoms with Crippen LogP contribution in [0.1, 0.15) is 18.9 Å². The van der Waals surface area contributed by atoms with Gasteiger partial charge in [-0.25, -0.2) is 9.78 Å². The predicted molar refractivity (Wildman–Crippen MR) is 56.7 cm³/mol. The molecule has 6 heteroatoms. The highest BCUT2D eigenvalue weighted by atomic mass is 32.1. The number of rotatable bonds is 4. The molecular formula is C9H14N2O3S. The van der Waals surface area contributed by atoms with Crippen molar-refractivity contribution >= 4 is 17.4 Å². The average molecular weight is 230 g/mol. The fourth-order valence-electron chi connectivity index (χ4n) is 1.02. The Morgan fingerprint density at radius 3 is 3.00 bits per heavy atom. The maximum atomic E-state index is 11.2. The molecule has 1 rings (SSSR count). The molecule has 0 fully saturated rings. The Hall–Kier alpha value is -1.14. The van der Waals surface area contributed by atoms with Gasteiger partial charge in [0.25, 0.3) is 0 Å². The normalized spacial score (nSPS) is 11.1. The van der Waals surface area contributed by atoms with Crippen LogP contribution >= 0.6 is 11.3 Å². The van der Waals surface area contributed by atoms with Gasteiger partial charge in [0.2, 0.25) is 0 Å². The number of carbonyl (C=O) groups is 1. The molecule has 2 N–H and O–H groups in total.